The molecule has 0 saturated carbocycles. The molecule has 2 rings (SSSR count). The van der Waals surface area contributed by atoms with E-state index >= 15 is 0 Å². The molecule has 3 nitrogen and oxygen atoms in total. The second-order valence-electron chi connectivity index (χ2n) is 4.38. The van der Waals surface area contributed by atoms with Crippen molar-refractivity contribution >= 4 is 22.6 Å². The van der Waals surface area contributed by atoms with Gasteiger partial charge >= 0.3 is 0 Å². The van der Waals surface area contributed by atoms with Crippen molar-refractivity contribution in [1.82, 2.24) is 14.9 Å². The standard InChI is InChI=1S/C14H18IN3/c1-3-6-16-8-12-9-18(10-17-12)13-5-4-11(2)14(15)7-13/h4-5,7,9-10,16H,3,6,8H2,1-2H3. The fourth-order valence-corrected chi connectivity index (χ4v) is 2.23. The van der Waals surface area contributed by atoms with Crippen LogP contribution in [-0.4, -0.2) is 16.1 Å². The molecule has 4 heteroatoms. The van der Waals surface area contributed by atoms with Crippen LogP contribution in [0, 0.1) is 10.5 Å². The summed E-state index contributed by atoms with van der Waals surface area (Å²) in [7, 11) is 0. The molecule has 0 amide bonds. The molecule has 0 aliphatic carbocycles. The Balaban J connectivity index is 2.11. The topological polar surface area (TPSA) is 29.9 Å². The van der Waals surface area contributed by atoms with Gasteiger partial charge in [0.15, 0.2) is 0 Å². The van der Waals surface area contributed by atoms with Crippen molar-refractivity contribution in [3.8, 4) is 5.69 Å². The van der Waals surface area contributed by atoms with Crippen LogP contribution in [0.3, 0.4) is 0 Å². The molecule has 0 aliphatic heterocycles. The molecule has 0 spiro atoms. The van der Waals surface area contributed by atoms with Crippen molar-refractivity contribution in [2.45, 2.75) is 26.8 Å². The van der Waals surface area contributed by atoms with Gasteiger partial charge in [-0.05, 0) is 60.2 Å². The third-order valence-corrected chi connectivity index (χ3v) is 3.98. The van der Waals surface area contributed by atoms with Crippen molar-refractivity contribution in [1.29, 1.82) is 0 Å². The van der Waals surface area contributed by atoms with Gasteiger partial charge in [-0.2, -0.15) is 0 Å². The fourth-order valence-electron chi connectivity index (χ4n) is 1.73. The van der Waals surface area contributed by atoms with Crippen molar-refractivity contribution in [2.75, 3.05) is 6.54 Å². The summed E-state index contributed by atoms with van der Waals surface area (Å²) in [6, 6.07) is 6.45. The Morgan fingerprint density at radius 1 is 1.39 bits per heavy atom. The van der Waals surface area contributed by atoms with E-state index in [2.05, 4.69) is 75.7 Å². The Morgan fingerprint density at radius 2 is 2.22 bits per heavy atom. The first-order chi connectivity index (χ1) is 8.70. The molecule has 1 N–H and O–H groups in total. The number of halogens is 1. The van der Waals surface area contributed by atoms with Crippen LogP contribution in [0.4, 0.5) is 0 Å². The van der Waals surface area contributed by atoms with E-state index in [0.717, 1.165) is 25.2 Å². The minimum absolute atomic E-state index is 0.837. The van der Waals surface area contributed by atoms with Crippen LogP contribution < -0.4 is 5.32 Å². The quantitative estimate of drug-likeness (QED) is 0.659. The molecular formula is C14H18IN3. The Hall–Kier alpha value is -0.880. The van der Waals surface area contributed by atoms with E-state index in [0.29, 0.717) is 0 Å². The van der Waals surface area contributed by atoms with Gasteiger partial charge in [0.25, 0.3) is 0 Å². The maximum absolute atomic E-state index is 4.41. The molecule has 0 aliphatic rings. The summed E-state index contributed by atoms with van der Waals surface area (Å²) >= 11 is 2.37. The smallest absolute Gasteiger partial charge is 0.0995 e. The van der Waals surface area contributed by atoms with Crippen LogP contribution in [0.25, 0.3) is 5.69 Å². The lowest BCUT2D eigenvalue weighted by molar-refractivity contribution is 0.666. The molecule has 2 aromatic rings. The monoisotopic (exact) mass is 355 g/mol. The number of aromatic nitrogens is 2. The minimum Gasteiger partial charge on any atom is -0.311 e. The number of nitrogens with zero attached hydrogens (tertiary/aromatic N) is 2. The predicted molar refractivity (Wildman–Crippen MR) is 83.0 cm³/mol. The highest BCUT2D eigenvalue weighted by Gasteiger charge is 2.02. The Morgan fingerprint density at radius 3 is 2.94 bits per heavy atom. The maximum Gasteiger partial charge on any atom is 0.0995 e. The molecule has 0 radical (unpaired) electrons. The number of hydrogen-bond acceptors (Lipinski definition) is 2. The molecule has 0 unspecified atom stereocenters. The second-order valence-corrected chi connectivity index (χ2v) is 5.54. The van der Waals surface area contributed by atoms with Gasteiger partial charge in [0.2, 0.25) is 0 Å². The lowest BCUT2D eigenvalue weighted by Crippen LogP contribution is -2.13. The van der Waals surface area contributed by atoms with Crippen LogP contribution in [0.2, 0.25) is 0 Å². The van der Waals surface area contributed by atoms with Gasteiger partial charge in [-0.3, -0.25) is 0 Å². The Bertz CT molecular complexity index is 520. The lowest BCUT2D eigenvalue weighted by atomic mass is 10.2. The minimum atomic E-state index is 0.837. The molecule has 1 aromatic heterocycles. The number of rotatable bonds is 5. The van der Waals surface area contributed by atoms with Crippen molar-refractivity contribution in [2.24, 2.45) is 0 Å². The largest absolute Gasteiger partial charge is 0.311 e. The predicted octanol–water partition coefficient (Wildman–Crippen LogP) is 3.28. The van der Waals surface area contributed by atoms with Gasteiger partial charge in [-0.15, -0.1) is 0 Å². The van der Waals surface area contributed by atoms with Gasteiger partial charge in [-0.25, -0.2) is 4.98 Å². The van der Waals surface area contributed by atoms with Crippen LogP contribution in [-0.2, 0) is 6.54 Å². The fraction of sp³-hybridized carbons (Fsp3) is 0.357. The molecule has 1 heterocycles. The van der Waals surface area contributed by atoms with E-state index in [4.69, 9.17) is 0 Å². The molecule has 0 bridgehead atoms. The summed E-state index contributed by atoms with van der Waals surface area (Å²) < 4.78 is 3.36. The van der Waals surface area contributed by atoms with E-state index in [1.165, 1.54) is 14.8 Å². The lowest BCUT2D eigenvalue weighted by Gasteiger charge is -2.04. The van der Waals surface area contributed by atoms with Crippen LogP contribution in [0.15, 0.2) is 30.7 Å². The highest BCUT2D eigenvalue weighted by atomic mass is 127. The Labute approximate surface area is 122 Å². The highest BCUT2D eigenvalue weighted by molar-refractivity contribution is 14.1. The first kappa shape index (κ1) is 13.5. The number of nitrogens with one attached hydrogen (secondary N) is 1. The van der Waals surface area contributed by atoms with E-state index in [1.54, 1.807) is 0 Å². The zero-order valence-corrected chi connectivity index (χ0v) is 12.9. The summed E-state index contributed by atoms with van der Waals surface area (Å²) in [6.45, 7) is 6.17. The number of aryl methyl sites for hydroxylation is 1. The van der Waals surface area contributed by atoms with Gasteiger partial charge in [0, 0.05) is 22.0 Å². The first-order valence-corrected chi connectivity index (χ1v) is 7.28. The summed E-state index contributed by atoms with van der Waals surface area (Å²) in [5, 5.41) is 3.36. The Kier molecular flexibility index (Phi) is 4.77. The maximum atomic E-state index is 4.41. The van der Waals surface area contributed by atoms with Crippen molar-refractivity contribution in [3.63, 3.8) is 0 Å². The zero-order chi connectivity index (χ0) is 13.0. The van der Waals surface area contributed by atoms with Crippen LogP contribution in [0.5, 0.6) is 0 Å². The van der Waals surface area contributed by atoms with Gasteiger partial charge in [0.05, 0.1) is 12.0 Å². The number of hydrogen-bond donors (Lipinski definition) is 1. The van der Waals surface area contributed by atoms with E-state index in [9.17, 15) is 0 Å². The van der Waals surface area contributed by atoms with Gasteiger partial charge < -0.3 is 9.88 Å². The number of benzene rings is 1. The summed E-state index contributed by atoms with van der Waals surface area (Å²) in [5.41, 5.74) is 3.56. The summed E-state index contributed by atoms with van der Waals surface area (Å²) in [5.74, 6) is 0. The average Bonchev–Trinajstić information content (AvgIpc) is 2.82. The van der Waals surface area contributed by atoms with Gasteiger partial charge in [0.1, 0.15) is 0 Å². The zero-order valence-electron chi connectivity index (χ0n) is 10.8. The van der Waals surface area contributed by atoms with Gasteiger partial charge in [-0.1, -0.05) is 13.0 Å². The number of imidazole rings is 1. The summed E-state index contributed by atoms with van der Waals surface area (Å²) in [6.07, 6.45) is 5.12. The second kappa shape index (κ2) is 6.33. The first-order valence-electron chi connectivity index (χ1n) is 6.21. The van der Waals surface area contributed by atoms with E-state index < -0.39 is 0 Å². The van der Waals surface area contributed by atoms with E-state index in [1.807, 2.05) is 6.33 Å². The van der Waals surface area contributed by atoms with Crippen molar-refractivity contribution < 1.29 is 0 Å². The van der Waals surface area contributed by atoms with Crippen LogP contribution in [0.1, 0.15) is 24.6 Å². The molecule has 0 saturated heterocycles. The molecule has 0 atom stereocenters. The molecule has 0 fully saturated rings. The molecule has 18 heavy (non-hydrogen) atoms. The third-order valence-electron chi connectivity index (χ3n) is 2.82. The normalized spacial score (nSPS) is 10.8. The van der Waals surface area contributed by atoms with Crippen LogP contribution >= 0.6 is 22.6 Å². The molecule has 96 valence electrons. The average molecular weight is 355 g/mol. The van der Waals surface area contributed by atoms with E-state index in [-0.39, 0.29) is 0 Å². The van der Waals surface area contributed by atoms with Crippen molar-refractivity contribution in [3.05, 3.63) is 45.6 Å². The SMILES string of the molecule is CCCNCc1cn(-c2ccc(C)c(I)c2)cn1. The molecule has 1 aromatic carbocycles. The molecular weight excluding hydrogens is 337 g/mol. The third kappa shape index (κ3) is 3.32. The summed E-state index contributed by atoms with van der Waals surface area (Å²) in [4.78, 5) is 4.41. The highest BCUT2D eigenvalue weighted by Crippen LogP contribution is 2.16.